The second-order valence-electron chi connectivity index (χ2n) is 6.38. The number of nitrogens with one attached hydrogen (secondary N) is 2. The quantitative estimate of drug-likeness (QED) is 0.524. The average Bonchev–Trinajstić information content (AvgIpc) is 2.62. The van der Waals surface area contributed by atoms with Gasteiger partial charge in [0.2, 0.25) is 0 Å². The summed E-state index contributed by atoms with van der Waals surface area (Å²) in [5.74, 6) is 0.0245. The molecular weight excluding hydrogens is 368 g/mol. The molecule has 6 heteroatoms. The predicted molar refractivity (Wildman–Crippen MR) is 111 cm³/mol. The van der Waals surface area contributed by atoms with Crippen LogP contribution in [0.3, 0.4) is 0 Å². The third-order valence-corrected chi connectivity index (χ3v) is 4.39. The van der Waals surface area contributed by atoms with Gasteiger partial charge in [0, 0.05) is 5.69 Å². The standard InChI is InChI=1S/C20H23ClN2O2S/c1-13(2)11-18(14-7-5-4-6-8-14)23-20(26)22-15-9-10-17(21)16(12-15)19(24)25-3/h4-10,12-13,18H,11H2,1-3H3,(H2,22,23,26)/t18-/m0/s1. The monoisotopic (exact) mass is 390 g/mol. The fraction of sp³-hybridized carbons (Fsp3) is 0.300. The minimum Gasteiger partial charge on any atom is -0.465 e. The number of anilines is 1. The molecular formula is C20H23ClN2O2S. The highest BCUT2D eigenvalue weighted by Gasteiger charge is 2.16. The van der Waals surface area contributed by atoms with E-state index in [4.69, 9.17) is 28.6 Å². The summed E-state index contributed by atoms with van der Waals surface area (Å²) in [6, 6.07) is 15.3. The number of esters is 1. The molecule has 0 bridgehead atoms. The van der Waals surface area contributed by atoms with Crippen LogP contribution in [0.2, 0.25) is 5.02 Å². The number of carbonyl (C=O) groups is 1. The second-order valence-corrected chi connectivity index (χ2v) is 7.19. The van der Waals surface area contributed by atoms with Crippen LogP contribution in [0, 0.1) is 5.92 Å². The Balaban J connectivity index is 2.12. The summed E-state index contributed by atoms with van der Waals surface area (Å²) in [6.07, 6.45) is 0.944. The van der Waals surface area contributed by atoms with E-state index < -0.39 is 5.97 Å². The lowest BCUT2D eigenvalue weighted by Crippen LogP contribution is -2.33. The van der Waals surface area contributed by atoms with Crippen LogP contribution >= 0.6 is 23.8 Å². The number of hydrogen-bond donors (Lipinski definition) is 2. The molecule has 0 aliphatic carbocycles. The Morgan fingerprint density at radius 1 is 1.19 bits per heavy atom. The van der Waals surface area contributed by atoms with Gasteiger partial charge in [-0.25, -0.2) is 4.79 Å². The first kappa shape index (κ1) is 20.2. The molecule has 2 aromatic rings. The highest BCUT2D eigenvalue weighted by atomic mass is 35.5. The maximum Gasteiger partial charge on any atom is 0.339 e. The molecule has 0 radical (unpaired) electrons. The first-order chi connectivity index (χ1) is 12.4. The van der Waals surface area contributed by atoms with Crippen molar-refractivity contribution in [2.75, 3.05) is 12.4 Å². The summed E-state index contributed by atoms with van der Waals surface area (Å²) in [7, 11) is 1.32. The van der Waals surface area contributed by atoms with Crippen molar-refractivity contribution in [3.8, 4) is 0 Å². The smallest absolute Gasteiger partial charge is 0.339 e. The molecule has 0 fully saturated rings. The van der Waals surface area contributed by atoms with E-state index in [0.717, 1.165) is 6.42 Å². The molecule has 1 atom stereocenters. The van der Waals surface area contributed by atoms with Crippen molar-refractivity contribution in [3.63, 3.8) is 0 Å². The third kappa shape index (κ3) is 5.71. The predicted octanol–water partition coefficient (Wildman–Crippen LogP) is 5.20. The second kappa shape index (κ2) is 9.55. The fourth-order valence-electron chi connectivity index (χ4n) is 2.63. The van der Waals surface area contributed by atoms with Crippen molar-refractivity contribution in [2.24, 2.45) is 5.92 Å². The van der Waals surface area contributed by atoms with Crippen molar-refractivity contribution < 1.29 is 9.53 Å². The van der Waals surface area contributed by atoms with Gasteiger partial charge in [0.15, 0.2) is 5.11 Å². The van der Waals surface area contributed by atoms with Crippen molar-refractivity contribution in [3.05, 3.63) is 64.7 Å². The van der Waals surface area contributed by atoms with E-state index in [0.29, 0.717) is 27.3 Å². The molecule has 0 amide bonds. The normalized spacial score (nSPS) is 11.7. The molecule has 0 heterocycles. The zero-order valence-electron chi connectivity index (χ0n) is 15.1. The Hall–Kier alpha value is -2.11. The van der Waals surface area contributed by atoms with Crippen LogP contribution in [0.4, 0.5) is 5.69 Å². The minimum atomic E-state index is -0.487. The van der Waals surface area contributed by atoms with Crippen molar-refractivity contribution >= 4 is 40.6 Å². The Morgan fingerprint density at radius 2 is 1.88 bits per heavy atom. The van der Waals surface area contributed by atoms with Gasteiger partial charge in [-0.15, -0.1) is 0 Å². The minimum absolute atomic E-state index is 0.101. The van der Waals surface area contributed by atoms with E-state index in [1.54, 1.807) is 18.2 Å². The summed E-state index contributed by atoms with van der Waals surface area (Å²) < 4.78 is 4.74. The van der Waals surface area contributed by atoms with Gasteiger partial charge >= 0.3 is 5.97 Å². The Labute approximate surface area is 164 Å². The summed E-state index contributed by atoms with van der Waals surface area (Å²) in [5, 5.41) is 7.30. The number of carbonyl (C=O) groups excluding carboxylic acids is 1. The molecule has 0 spiro atoms. The van der Waals surface area contributed by atoms with Gasteiger partial charge in [0.05, 0.1) is 23.7 Å². The van der Waals surface area contributed by atoms with Crippen LogP contribution in [0.5, 0.6) is 0 Å². The lowest BCUT2D eigenvalue weighted by molar-refractivity contribution is 0.0601. The molecule has 0 saturated heterocycles. The molecule has 2 rings (SSSR count). The van der Waals surface area contributed by atoms with Gasteiger partial charge in [-0.05, 0) is 48.3 Å². The number of hydrogen-bond acceptors (Lipinski definition) is 3. The molecule has 0 saturated carbocycles. The highest BCUT2D eigenvalue weighted by molar-refractivity contribution is 7.80. The topological polar surface area (TPSA) is 50.4 Å². The highest BCUT2D eigenvalue weighted by Crippen LogP contribution is 2.23. The number of rotatable bonds is 6. The molecule has 2 N–H and O–H groups in total. The van der Waals surface area contributed by atoms with Crippen molar-refractivity contribution in [2.45, 2.75) is 26.3 Å². The summed E-state index contributed by atoms with van der Waals surface area (Å²) in [5.41, 5.74) is 2.14. The van der Waals surface area contributed by atoms with E-state index in [9.17, 15) is 4.79 Å². The molecule has 0 unspecified atom stereocenters. The van der Waals surface area contributed by atoms with Crippen LogP contribution in [0.15, 0.2) is 48.5 Å². The molecule has 2 aromatic carbocycles. The van der Waals surface area contributed by atoms with E-state index in [1.807, 2.05) is 18.2 Å². The largest absolute Gasteiger partial charge is 0.465 e. The van der Waals surface area contributed by atoms with Gasteiger partial charge in [0.25, 0.3) is 0 Å². The molecule has 0 aliphatic heterocycles. The lowest BCUT2D eigenvalue weighted by Gasteiger charge is -2.23. The number of benzene rings is 2. The molecule has 0 aliphatic rings. The maximum atomic E-state index is 11.8. The molecule has 0 aromatic heterocycles. The SMILES string of the molecule is COC(=O)c1cc(NC(=S)N[C@@H](CC(C)C)c2ccccc2)ccc1Cl. The van der Waals surface area contributed by atoms with Gasteiger partial charge in [-0.2, -0.15) is 0 Å². The van der Waals surface area contributed by atoms with Crippen LogP contribution in [0.1, 0.15) is 42.2 Å². The van der Waals surface area contributed by atoms with E-state index >= 15 is 0 Å². The van der Waals surface area contributed by atoms with Gasteiger partial charge in [0.1, 0.15) is 0 Å². The molecule has 26 heavy (non-hydrogen) atoms. The van der Waals surface area contributed by atoms with Crippen molar-refractivity contribution in [1.82, 2.24) is 5.32 Å². The first-order valence-electron chi connectivity index (χ1n) is 8.41. The summed E-state index contributed by atoms with van der Waals surface area (Å²) in [6.45, 7) is 4.35. The van der Waals surface area contributed by atoms with Gasteiger partial charge in [-0.1, -0.05) is 55.8 Å². The average molecular weight is 391 g/mol. The van der Waals surface area contributed by atoms with E-state index in [-0.39, 0.29) is 6.04 Å². The molecule has 4 nitrogen and oxygen atoms in total. The van der Waals surface area contributed by atoms with Gasteiger partial charge < -0.3 is 15.4 Å². The number of thiocarbonyl (C=S) groups is 1. The summed E-state index contributed by atoms with van der Waals surface area (Å²) in [4.78, 5) is 11.8. The lowest BCUT2D eigenvalue weighted by atomic mass is 9.97. The number of methoxy groups -OCH3 is 1. The number of ether oxygens (including phenoxy) is 1. The Bertz CT molecular complexity index is 766. The first-order valence-corrected chi connectivity index (χ1v) is 9.19. The van der Waals surface area contributed by atoms with Crippen LogP contribution in [-0.2, 0) is 4.74 Å². The summed E-state index contributed by atoms with van der Waals surface area (Å²) >= 11 is 11.5. The van der Waals surface area contributed by atoms with Crippen LogP contribution in [-0.4, -0.2) is 18.2 Å². The molecule has 138 valence electrons. The Kier molecular flexibility index (Phi) is 7.42. The van der Waals surface area contributed by atoms with E-state index in [1.165, 1.54) is 12.7 Å². The van der Waals surface area contributed by atoms with Gasteiger partial charge in [-0.3, -0.25) is 0 Å². The third-order valence-electron chi connectivity index (χ3n) is 3.84. The van der Waals surface area contributed by atoms with Crippen molar-refractivity contribution in [1.29, 1.82) is 0 Å². The van der Waals surface area contributed by atoms with Crippen LogP contribution in [0.25, 0.3) is 0 Å². The fourth-order valence-corrected chi connectivity index (χ4v) is 3.08. The van der Waals surface area contributed by atoms with E-state index in [2.05, 4.69) is 36.6 Å². The Morgan fingerprint density at radius 3 is 2.50 bits per heavy atom. The number of halogens is 1. The maximum absolute atomic E-state index is 11.8. The zero-order valence-corrected chi connectivity index (χ0v) is 16.7. The van der Waals surface area contributed by atoms with Crippen LogP contribution < -0.4 is 10.6 Å². The zero-order chi connectivity index (χ0) is 19.1.